The van der Waals surface area contributed by atoms with Gasteiger partial charge in [0.1, 0.15) is 11.9 Å². The first-order valence-corrected chi connectivity index (χ1v) is 11.1. The molecule has 0 aliphatic carbocycles. The van der Waals surface area contributed by atoms with Gasteiger partial charge in [0.25, 0.3) is 0 Å². The number of rotatable bonds is 3. The van der Waals surface area contributed by atoms with Crippen molar-refractivity contribution >= 4 is 37.6 Å². The summed E-state index contributed by atoms with van der Waals surface area (Å²) in [6.07, 6.45) is 0.527. The van der Waals surface area contributed by atoms with Crippen LogP contribution in [0.15, 0.2) is 74.6 Å². The number of nitrogens with zero attached hydrogens (tertiary/aromatic N) is 1. The van der Waals surface area contributed by atoms with Gasteiger partial charge in [-0.2, -0.15) is 0 Å². The fourth-order valence-corrected chi connectivity index (χ4v) is 4.46. The summed E-state index contributed by atoms with van der Waals surface area (Å²) in [6, 6.07) is 20.2. The number of aromatic hydroxyl groups is 1. The van der Waals surface area contributed by atoms with Crippen molar-refractivity contribution < 1.29 is 5.11 Å². The van der Waals surface area contributed by atoms with Crippen molar-refractivity contribution in [2.24, 2.45) is 4.99 Å². The van der Waals surface area contributed by atoms with Crippen molar-refractivity contribution in [3.05, 3.63) is 97.4 Å². The number of aliphatic imine (C=N–C) groups is 1. The molecule has 0 aromatic heterocycles. The Bertz CT molecular complexity index is 1080. The van der Waals surface area contributed by atoms with Crippen LogP contribution in [0.5, 0.6) is 5.75 Å². The average Bonchev–Trinajstić information content (AvgIpc) is 2.70. The number of hydrogen-bond donors (Lipinski definition) is 2. The Kier molecular flexibility index (Phi) is 5.91. The molecule has 0 fully saturated rings. The van der Waals surface area contributed by atoms with Gasteiger partial charge in [-0.3, -0.25) is 10.3 Å². The Labute approximate surface area is 188 Å². The summed E-state index contributed by atoms with van der Waals surface area (Å²) in [4.78, 5) is 5.07. The van der Waals surface area contributed by atoms with Crippen LogP contribution in [0.4, 0.5) is 0 Å². The molecule has 0 bridgehead atoms. The lowest BCUT2D eigenvalue weighted by Gasteiger charge is -2.31. The Balaban J connectivity index is 1.79. The number of phenols is 1. The van der Waals surface area contributed by atoms with Gasteiger partial charge in [0.2, 0.25) is 0 Å². The molecule has 1 aliphatic rings. The van der Waals surface area contributed by atoms with Crippen molar-refractivity contribution in [2.45, 2.75) is 32.5 Å². The summed E-state index contributed by atoms with van der Waals surface area (Å²) in [5.74, 6) is 0.294. The highest BCUT2D eigenvalue weighted by atomic mass is 79.9. The van der Waals surface area contributed by atoms with E-state index in [1.54, 1.807) is 6.07 Å². The fraction of sp³-hybridized carbons (Fsp3) is 0.208. The highest BCUT2D eigenvalue weighted by molar-refractivity contribution is 9.10. The molecule has 1 aliphatic heterocycles. The standard InChI is InChI=1S/C24H22Br2N2O/c1-14-3-9-19(15(2)11-14)24-27-21(16-4-6-17(25)7-5-16)13-22(28-24)20-12-18(26)8-10-23(20)29/h3-12,22,24,28-29H,13H2,1-2H3/t22-,24-/m0/s1. The molecule has 0 unspecified atom stereocenters. The topological polar surface area (TPSA) is 44.6 Å². The molecule has 4 rings (SSSR count). The monoisotopic (exact) mass is 512 g/mol. The summed E-state index contributed by atoms with van der Waals surface area (Å²) in [5.41, 5.74) is 6.61. The van der Waals surface area contributed by atoms with Crippen LogP contribution in [-0.2, 0) is 0 Å². The van der Waals surface area contributed by atoms with E-state index >= 15 is 0 Å². The second-order valence-corrected chi connectivity index (χ2v) is 9.30. The van der Waals surface area contributed by atoms with E-state index in [0.29, 0.717) is 12.2 Å². The summed E-state index contributed by atoms with van der Waals surface area (Å²) in [6.45, 7) is 4.23. The zero-order valence-corrected chi connectivity index (χ0v) is 19.5. The summed E-state index contributed by atoms with van der Waals surface area (Å²) < 4.78 is 1.99. The minimum absolute atomic E-state index is 0.0469. The van der Waals surface area contributed by atoms with Gasteiger partial charge in [-0.15, -0.1) is 0 Å². The maximum Gasteiger partial charge on any atom is 0.126 e. The molecule has 148 valence electrons. The van der Waals surface area contributed by atoms with Crippen molar-refractivity contribution in [2.75, 3.05) is 0 Å². The van der Waals surface area contributed by atoms with E-state index in [9.17, 15) is 5.11 Å². The van der Waals surface area contributed by atoms with Crippen LogP contribution in [0.2, 0.25) is 0 Å². The molecule has 2 N–H and O–H groups in total. The van der Waals surface area contributed by atoms with Gasteiger partial charge in [-0.05, 0) is 60.9 Å². The lowest BCUT2D eigenvalue weighted by Crippen LogP contribution is -2.33. The van der Waals surface area contributed by atoms with Crippen LogP contribution in [0.3, 0.4) is 0 Å². The quantitative estimate of drug-likeness (QED) is 0.406. The van der Waals surface area contributed by atoms with E-state index in [4.69, 9.17) is 4.99 Å². The molecule has 0 spiro atoms. The van der Waals surface area contributed by atoms with Crippen LogP contribution >= 0.6 is 31.9 Å². The molecular formula is C24H22Br2N2O. The summed E-state index contributed by atoms with van der Waals surface area (Å²) in [7, 11) is 0. The Hall–Kier alpha value is -1.95. The van der Waals surface area contributed by atoms with E-state index in [0.717, 1.165) is 31.3 Å². The molecule has 29 heavy (non-hydrogen) atoms. The Morgan fingerprint density at radius 1 is 0.897 bits per heavy atom. The molecule has 2 atom stereocenters. The largest absolute Gasteiger partial charge is 0.508 e. The van der Waals surface area contributed by atoms with E-state index in [-0.39, 0.29) is 12.2 Å². The smallest absolute Gasteiger partial charge is 0.126 e. The number of hydrogen-bond acceptors (Lipinski definition) is 3. The van der Waals surface area contributed by atoms with Crippen molar-refractivity contribution in [3.8, 4) is 5.75 Å². The van der Waals surface area contributed by atoms with Crippen LogP contribution in [0.1, 0.15) is 46.4 Å². The van der Waals surface area contributed by atoms with Crippen LogP contribution < -0.4 is 5.32 Å². The third-order valence-electron chi connectivity index (χ3n) is 5.30. The van der Waals surface area contributed by atoms with Gasteiger partial charge in [0.15, 0.2) is 0 Å². The molecule has 3 nitrogen and oxygen atoms in total. The third-order valence-corrected chi connectivity index (χ3v) is 6.33. The third kappa shape index (κ3) is 4.47. The first-order valence-electron chi connectivity index (χ1n) is 9.55. The first-order chi connectivity index (χ1) is 13.9. The first kappa shape index (κ1) is 20.3. The van der Waals surface area contributed by atoms with Gasteiger partial charge < -0.3 is 5.11 Å². The zero-order chi connectivity index (χ0) is 20.5. The SMILES string of the molecule is Cc1ccc([C@H]2N=C(c3ccc(Br)cc3)C[C@@H](c3cc(Br)ccc3O)N2)c(C)c1. The van der Waals surface area contributed by atoms with Gasteiger partial charge in [0.05, 0.1) is 0 Å². The van der Waals surface area contributed by atoms with Gasteiger partial charge in [-0.25, -0.2) is 0 Å². The van der Waals surface area contributed by atoms with Crippen molar-refractivity contribution in [1.29, 1.82) is 0 Å². The number of phenolic OH excluding ortho intramolecular Hbond substituents is 1. The molecule has 3 aromatic rings. The minimum atomic E-state index is -0.175. The second kappa shape index (κ2) is 8.42. The summed E-state index contributed by atoms with van der Waals surface area (Å²) in [5, 5.41) is 14.2. The molecule has 5 heteroatoms. The predicted molar refractivity (Wildman–Crippen MR) is 126 cm³/mol. The molecule has 0 saturated heterocycles. The van der Waals surface area contributed by atoms with Crippen molar-refractivity contribution in [1.82, 2.24) is 5.32 Å². The maximum absolute atomic E-state index is 10.5. The lowest BCUT2D eigenvalue weighted by atomic mass is 9.92. The molecule has 0 saturated carbocycles. The number of nitrogens with one attached hydrogen (secondary N) is 1. The fourth-order valence-electron chi connectivity index (χ4n) is 3.82. The van der Waals surface area contributed by atoms with E-state index < -0.39 is 0 Å². The number of aryl methyl sites for hydroxylation is 2. The highest BCUT2D eigenvalue weighted by Gasteiger charge is 2.28. The molecular weight excluding hydrogens is 492 g/mol. The average molecular weight is 514 g/mol. The summed E-state index contributed by atoms with van der Waals surface area (Å²) >= 11 is 7.05. The molecule has 3 aromatic carbocycles. The van der Waals surface area contributed by atoms with Crippen LogP contribution in [0, 0.1) is 13.8 Å². The van der Waals surface area contributed by atoms with Crippen LogP contribution in [0.25, 0.3) is 0 Å². The van der Waals surface area contributed by atoms with E-state index in [1.807, 2.05) is 24.3 Å². The van der Waals surface area contributed by atoms with Gasteiger partial charge in [0, 0.05) is 32.7 Å². The zero-order valence-electron chi connectivity index (χ0n) is 16.3. The molecule has 0 amide bonds. The number of benzene rings is 3. The maximum atomic E-state index is 10.5. The predicted octanol–water partition coefficient (Wildman–Crippen LogP) is 6.76. The minimum Gasteiger partial charge on any atom is -0.508 e. The normalized spacial score (nSPS) is 19.1. The van der Waals surface area contributed by atoms with E-state index in [1.165, 1.54) is 11.1 Å². The van der Waals surface area contributed by atoms with Gasteiger partial charge in [-0.1, -0.05) is 67.8 Å². The van der Waals surface area contributed by atoms with Crippen molar-refractivity contribution in [3.63, 3.8) is 0 Å². The lowest BCUT2D eigenvalue weighted by molar-refractivity contribution is 0.412. The second-order valence-electron chi connectivity index (χ2n) is 7.47. The van der Waals surface area contributed by atoms with E-state index in [2.05, 4.69) is 81.4 Å². The van der Waals surface area contributed by atoms with Crippen LogP contribution in [-0.4, -0.2) is 10.8 Å². The number of halogens is 2. The molecule has 1 heterocycles. The Morgan fingerprint density at radius 3 is 2.34 bits per heavy atom. The Morgan fingerprint density at radius 2 is 1.62 bits per heavy atom. The van der Waals surface area contributed by atoms with Gasteiger partial charge >= 0.3 is 0 Å². The highest BCUT2D eigenvalue weighted by Crippen LogP contribution is 2.36. The molecule has 0 radical (unpaired) electrons.